The number of nitrogens with one attached hydrogen (secondary N) is 1. The fraction of sp³-hybridized carbons (Fsp3) is 0.462. The summed E-state index contributed by atoms with van der Waals surface area (Å²) >= 11 is 0. The van der Waals surface area contributed by atoms with Gasteiger partial charge in [0, 0.05) is 48.0 Å². The molecule has 3 aromatic heterocycles. The smallest absolute Gasteiger partial charge is 0.418 e. The molecule has 7 heteroatoms. The number of hydrogen-bond donors (Lipinski definition) is 1. The van der Waals surface area contributed by atoms with Gasteiger partial charge in [0.05, 0.1) is 0 Å². The molecule has 0 radical (unpaired) electrons. The summed E-state index contributed by atoms with van der Waals surface area (Å²) in [5, 5.41) is 0. The lowest BCUT2D eigenvalue weighted by atomic mass is 10.1. The van der Waals surface area contributed by atoms with Gasteiger partial charge < -0.3 is 14.5 Å². The Morgan fingerprint density at radius 2 is 1.12 bits per heavy atom. The maximum absolute atomic E-state index is 12.6. The van der Waals surface area contributed by atoms with Gasteiger partial charge in [0.15, 0.2) is 0 Å². The van der Waals surface area contributed by atoms with E-state index >= 15 is 0 Å². The maximum atomic E-state index is 12.6. The first-order valence-corrected chi connectivity index (χ1v) is 11.2. The summed E-state index contributed by atoms with van der Waals surface area (Å²) in [6.45, 7) is 15.3. The Hall–Kier alpha value is -3.22. The summed E-state index contributed by atoms with van der Waals surface area (Å²) in [5.74, 6) is 0. The largest absolute Gasteiger partial charge is 0.443 e. The molecule has 0 amide bonds. The minimum absolute atomic E-state index is 0.390. The minimum atomic E-state index is -0.562. The number of aromatic nitrogens is 3. The van der Waals surface area contributed by atoms with Gasteiger partial charge in [-0.1, -0.05) is 0 Å². The van der Waals surface area contributed by atoms with Crippen LogP contribution in [0, 0.1) is 13.8 Å². The number of nitrogens with zero attached hydrogens (tertiary/aromatic N) is 2. The molecule has 0 aliphatic carbocycles. The fourth-order valence-corrected chi connectivity index (χ4v) is 3.64. The van der Waals surface area contributed by atoms with Crippen molar-refractivity contribution in [1.29, 1.82) is 0 Å². The van der Waals surface area contributed by atoms with Gasteiger partial charge in [0.2, 0.25) is 0 Å². The van der Waals surface area contributed by atoms with Crippen LogP contribution in [0.1, 0.15) is 75.4 Å². The first kappa shape index (κ1) is 24.4. The van der Waals surface area contributed by atoms with E-state index in [1.807, 2.05) is 65.8 Å². The van der Waals surface area contributed by atoms with Gasteiger partial charge in [-0.25, -0.2) is 9.59 Å². The molecule has 0 aliphatic rings. The van der Waals surface area contributed by atoms with Gasteiger partial charge in [-0.3, -0.25) is 9.13 Å². The molecule has 0 atom stereocenters. The lowest BCUT2D eigenvalue weighted by molar-refractivity contribution is 0.0522. The maximum Gasteiger partial charge on any atom is 0.418 e. The van der Waals surface area contributed by atoms with Gasteiger partial charge in [-0.2, -0.15) is 0 Å². The fourth-order valence-electron chi connectivity index (χ4n) is 3.64. The van der Waals surface area contributed by atoms with Crippen molar-refractivity contribution >= 4 is 12.2 Å². The molecule has 178 valence electrons. The normalized spacial score (nSPS) is 12.1. The Morgan fingerprint density at radius 1 is 0.758 bits per heavy atom. The first-order chi connectivity index (χ1) is 15.2. The highest BCUT2D eigenvalue weighted by molar-refractivity contribution is 5.72. The Morgan fingerprint density at radius 3 is 1.45 bits per heavy atom. The number of H-pyrrole nitrogens is 1. The predicted molar refractivity (Wildman–Crippen MR) is 128 cm³/mol. The Kier molecular flexibility index (Phi) is 6.63. The number of hydrogen-bond acceptors (Lipinski definition) is 4. The standard InChI is InChI=1S/C26H35N3O4/c1-17-18(2)22(16-20-12-10-14-29(20)24(31)33-26(6,7)8)27-21(17)15-19-11-9-13-28(19)23(30)32-25(3,4)5/h9-14,27H,15-16H2,1-8H3. The van der Waals surface area contributed by atoms with Crippen molar-refractivity contribution in [2.75, 3.05) is 0 Å². The summed E-state index contributed by atoms with van der Waals surface area (Å²) in [5.41, 5.74) is 4.90. The van der Waals surface area contributed by atoms with Crippen LogP contribution in [-0.2, 0) is 22.3 Å². The molecule has 0 unspecified atom stereocenters. The second kappa shape index (κ2) is 8.96. The average Bonchev–Trinajstić information content (AvgIpc) is 3.37. The quantitative estimate of drug-likeness (QED) is 0.527. The van der Waals surface area contributed by atoms with Crippen LogP contribution in [0.3, 0.4) is 0 Å². The summed E-state index contributed by atoms with van der Waals surface area (Å²) < 4.78 is 14.2. The number of aromatic amines is 1. The molecule has 0 aliphatic heterocycles. The van der Waals surface area contributed by atoms with Gasteiger partial charge in [0.1, 0.15) is 11.2 Å². The van der Waals surface area contributed by atoms with E-state index in [0.29, 0.717) is 12.8 Å². The molecule has 0 fully saturated rings. The van der Waals surface area contributed by atoms with E-state index in [4.69, 9.17) is 9.47 Å². The summed E-state index contributed by atoms with van der Waals surface area (Å²) in [6, 6.07) is 7.54. The second-order valence-electron chi connectivity index (χ2n) is 10.4. The molecular formula is C26H35N3O4. The van der Waals surface area contributed by atoms with Crippen LogP contribution in [0.5, 0.6) is 0 Å². The zero-order valence-corrected chi connectivity index (χ0v) is 20.9. The van der Waals surface area contributed by atoms with Crippen LogP contribution in [0.2, 0.25) is 0 Å². The molecule has 0 bridgehead atoms. The number of carbonyl (C=O) groups is 2. The second-order valence-corrected chi connectivity index (χ2v) is 10.4. The molecule has 3 rings (SSSR count). The lowest BCUT2D eigenvalue weighted by Crippen LogP contribution is -2.27. The topological polar surface area (TPSA) is 78.2 Å². The third-order valence-corrected chi connectivity index (χ3v) is 5.33. The number of ether oxygens (including phenoxy) is 2. The summed E-state index contributed by atoms with van der Waals surface area (Å²) in [4.78, 5) is 28.7. The van der Waals surface area contributed by atoms with Crippen molar-refractivity contribution in [3.8, 4) is 0 Å². The van der Waals surface area contributed by atoms with Gasteiger partial charge >= 0.3 is 12.2 Å². The number of rotatable bonds is 4. The molecule has 0 saturated heterocycles. The Labute approximate surface area is 195 Å². The third kappa shape index (κ3) is 5.97. The molecular weight excluding hydrogens is 418 g/mol. The summed E-state index contributed by atoms with van der Waals surface area (Å²) in [7, 11) is 0. The average molecular weight is 454 g/mol. The van der Waals surface area contributed by atoms with Gasteiger partial charge in [-0.05, 0) is 90.8 Å². The SMILES string of the molecule is Cc1c(Cc2cccn2C(=O)OC(C)(C)C)[nH]c(Cc2cccn2C(=O)OC(C)(C)C)c1C. The highest BCUT2D eigenvalue weighted by Gasteiger charge is 2.22. The zero-order valence-electron chi connectivity index (χ0n) is 20.9. The molecule has 3 aromatic rings. The molecule has 3 heterocycles. The molecule has 1 N–H and O–H groups in total. The van der Waals surface area contributed by atoms with Crippen molar-refractivity contribution in [1.82, 2.24) is 14.1 Å². The van der Waals surface area contributed by atoms with Crippen molar-refractivity contribution in [3.63, 3.8) is 0 Å². The molecule has 0 saturated carbocycles. The first-order valence-electron chi connectivity index (χ1n) is 11.2. The predicted octanol–water partition coefficient (Wildman–Crippen LogP) is 5.98. The van der Waals surface area contributed by atoms with Crippen LogP contribution < -0.4 is 0 Å². The minimum Gasteiger partial charge on any atom is -0.443 e. The van der Waals surface area contributed by atoms with E-state index in [2.05, 4.69) is 18.8 Å². The third-order valence-electron chi connectivity index (χ3n) is 5.33. The van der Waals surface area contributed by atoms with E-state index in [1.54, 1.807) is 21.5 Å². The van der Waals surface area contributed by atoms with E-state index < -0.39 is 11.2 Å². The van der Waals surface area contributed by atoms with Crippen LogP contribution >= 0.6 is 0 Å². The zero-order chi connectivity index (χ0) is 24.6. The van der Waals surface area contributed by atoms with Crippen LogP contribution in [0.15, 0.2) is 36.7 Å². The summed E-state index contributed by atoms with van der Waals surface area (Å²) in [6.07, 6.45) is 3.79. The lowest BCUT2D eigenvalue weighted by Gasteiger charge is -2.20. The molecule has 33 heavy (non-hydrogen) atoms. The van der Waals surface area contributed by atoms with Crippen molar-refractivity contribution in [3.05, 3.63) is 70.6 Å². The van der Waals surface area contributed by atoms with E-state index in [-0.39, 0.29) is 12.2 Å². The highest BCUT2D eigenvalue weighted by atomic mass is 16.6. The highest BCUT2D eigenvalue weighted by Crippen LogP contribution is 2.24. The van der Waals surface area contributed by atoms with Crippen LogP contribution in [0.25, 0.3) is 0 Å². The van der Waals surface area contributed by atoms with Crippen molar-refractivity contribution < 1.29 is 19.1 Å². The molecule has 0 spiro atoms. The van der Waals surface area contributed by atoms with Crippen LogP contribution in [-0.4, -0.2) is 37.5 Å². The van der Waals surface area contributed by atoms with Crippen molar-refractivity contribution in [2.45, 2.75) is 79.4 Å². The van der Waals surface area contributed by atoms with E-state index in [1.165, 1.54) is 0 Å². The van der Waals surface area contributed by atoms with Crippen molar-refractivity contribution in [2.24, 2.45) is 0 Å². The van der Waals surface area contributed by atoms with Gasteiger partial charge in [0.25, 0.3) is 0 Å². The van der Waals surface area contributed by atoms with Crippen LogP contribution in [0.4, 0.5) is 9.59 Å². The Balaban J connectivity index is 1.82. The van der Waals surface area contributed by atoms with E-state index in [0.717, 1.165) is 33.9 Å². The number of carbonyl (C=O) groups excluding carboxylic acids is 2. The molecule has 7 nitrogen and oxygen atoms in total. The monoisotopic (exact) mass is 453 g/mol. The van der Waals surface area contributed by atoms with Gasteiger partial charge in [-0.15, -0.1) is 0 Å². The Bertz CT molecular complexity index is 1060. The molecule has 0 aromatic carbocycles. The van der Waals surface area contributed by atoms with E-state index in [9.17, 15) is 9.59 Å².